The second-order valence-electron chi connectivity index (χ2n) is 5.81. The molecule has 6 nitrogen and oxygen atoms in total. The average molecular weight is 378 g/mol. The van der Waals surface area contributed by atoms with Crippen LogP contribution >= 0.6 is 0 Å². The summed E-state index contributed by atoms with van der Waals surface area (Å²) in [6.45, 7) is 1.76. The predicted molar refractivity (Wildman–Crippen MR) is 96.7 cm³/mol. The molecule has 0 saturated carbocycles. The fraction of sp³-hybridized carbons (Fsp3) is 0.222. The Labute approximate surface area is 151 Å². The number of aryl methyl sites for hydroxylation is 1. The van der Waals surface area contributed by atoms with Crippen LogP contribution in [0.15, 0.2) is 48.5 Å². The van der Waals surface area contributed by atoms with Crippen molar-refractivity contribution in [3.05, 3.63) is 65.5 Å². The standard InChI is InChI=1S/C18H19FN2O4S/c1-13-6-8-15(9-7-13)21-18(23)12-26(24,25)11-17(22)20-10-14-4-2-3-5-16(14)19/h2-9H,10-12H2,1H3,(H,20,22)(H,21,23). The molecule has 2 rings (SSSR count). The van der Waals surface area contributed by atoms with Crippen LogP contribution < -0.4 is 10.6 Å². The van der Waals surface area contributed by atoms with Gasteiger partial charge < -0.3 is 10.6 Å². The van der Waals surface area contributed by atoms with Crippen LogP contribution in [0.25, 0.3) is 0 Å². The Morgan fingerprint density at radius 1 is 0.962 bits per heavy atom. The number of benzene rings is 2. The van der Waals surface area contributed by atoms with E-state index in [0.717, 1.165) is 5.56 Å². The third kappa shape index (κ3) is 6.29. The molecule has 0 spiro atoms. The summed E-state index contributed by atoms with van der Waals surface area (Å²) in [5.74, 6) is -3.67. The van der Waals surface area contributed by atoms with Gasteiger partial charge in [-0.15, -0.1) is 0 Å². The van der Waals surface area contributed by atoms with Gasteiger partial charge >= 0.3 is 0 Å². The van der Waals surface area contributed by atoms with Crippen molar-refractivity contribution in [1.29, 1.82) is 0 Å². The number of halogens is 1. The minimum absolute atomic E-state index is 0.128. The Hall–Kier alpha value is -2.74. The van der Waals surface area contributed by atoms with Crippen molar-refractivity contribution in [3.63, 3.8) is 0 Å². The molecule has 8 heteroatoms. The van der Waals surface area contributed by atoms with Gasteiger partial charge in [0.25, 0.3) is 0 Å². The van der Waals surface area contributed by atoms with Crippen molar-refractivity contribution in [2.24, 2.45) is 0 Å². The lowest BCUT2D eigenvalue weighted by atomic mass is 10.2. The lowest BCUT2D eigenvalue weighted by Crippen LogP contribution is -2.34. The van der Waals surface area contributed by atoms with E-state index >= 15 is 0 Å². The van der Waals surface area contributed by atoms with Crippen LogP contribution in [-0.4, -0.2) is 31.7 Å². The molecule has 0 aliphatic carbocycles. The van der Waals surface area contributed by atoms with Crippen LogP contribution in [0.4, 0.5) is 10.1 Å². The summed E-state index contributed by atoms with van der Waals surface area (Å²) in [6.07, 6.45) is 0. The largest absolute Gasteiger partial charge is 0.351 e. The minimum atomic E-state index is -3.94. The van der Waals surface area contributed by atoms with Gasteiger partial charge in [0.05, 0.1) is 0 Å². The Morgan fingerprint density at radius 3 is 2.23 bits per heavy atom. The van der Waals surface area contributed by atoms with Crippen molar-refractivity contribution in [3.8, 4) is 0 Å². The van der Waals surface area contributed by atoms with E-state index in [1.807, 2.05) is 6.92 Å². The van der Waals surface area contributed by atoms with Gasteiger partial charge in [0.2, 0.25) is 11.8 Å². The number of sulfone groups is 1. The first-order chi connectivity index (χ1) is 12.2. The normalized spacial score (nSPS) is 11.0. The van der Waals surface area contributed by atoms with Crippen LogP contribution in [0, 0.1) is 12.7 Å². The fourth-order valence-corrected chi connectivity index (χ4v) is 3.25. The Morgan fingerprint density at radius 2 is 1.58 bits per heavy atom. The van der Waals surface area contributed by atoms with Gasteiger partial charge in [-0.05, 0) is 25.1 Å². The van der Waals surface area contributed by atoms with Crippen molar-refractivity contribution >= 4 is 27.3 Å². The molecule has 0 bridgehead atoms. The van der Waals surface area contributed by atoms with Crippen LogP contribution in [-0.2, 0) is 26.0 Å². The van der Waals surface area contributed by atoms with Gasteiger partial charge in [-0.1, -0.05) is 35.9 Å². The van der Waals surface area contributed by atoms with Crippen molar-refractivity contribution < 1.29 is 22.4 Å². The summed E-state index contributed by atoms with van der Waals surface area (Å²) >= 11 is 0. The van der Waals surface area contributed by atoms with Crippen LogP contribution in [0.5, 0.6) is 0 Å². The highest BCUT2D eigenvalue weighted by Crippen LogP contribution is 2.09. The van der Waals surface area contributed by atoms with E-state index in [1.165, 1.54) is 18.2 Å². The van der Waals surface area contributed by atoms with Gasteiger partial charge in [-0.3, -0.25) is 9.59 Å². The maximum Gasteiger partial charge on any atom is 0.239 e. The van der Waals surface area contributed by atoms with Crippen LogP contribution in [0.3, 0.4) is 0 Å². The van der Waals surface area contributed by atoms with E-state index < -0.39 is 39.0 Å². The Bertz CT molecular complexity index is 896. The quantitative estimate of drug-likeness (QED) is 0.768. The number of rotatable bonds is 7. The molecule has 0 aliphatic heterocycles. The molecule has 0 aliphatic rings. The molecule has 0 radical (unpaired) electrons. The summed E-state index contributed by atoms with van der Waals surface area (Å²) in [4.78, 5) is 23.6. The van der Waals surface area contributed by atoms with Gasteiger partial charge in [0.1, 0.15) is 17.3 Å². The number of nitrogens with one attached hydrogen (secondary N) is 2. The maximum atomic E-state index is 13.5. The van der Waals surface area contributed by atoms with Crippen molar-refractivity contribution in [2.75, 3.05) is 16.8 Å². The summed E-state index contributed by atoms with van der Waals surface area (Å²) in [7, 11) is -3.94. The number of carbonyl (C=O) groups excluding carboxylic acids is 2. The Balaban J connectivity index is 1.85. The van der Waals surface area contributed by atoms with E-state index in [4.69, 9.17) is 0 Å². The third-order valence-electron chi connectivity index (χ3n) is 3.47. The molecular formula is C18H19FN2O4S. The number of hydrogen-bond donors (Lipinski definition) is 2. The highest BCUT2D eigenvalue weighted by molar-refractivity contribution is 7.92. The van der Waals surface area contributed by atoms with Crippen LogP contribution in [0.2, 0.25) is 0 Å². The Kier molecular flexibility index (Phi) is 6.46. The molecule has 2 aromatic carbocycles. The molecule has 0 atom stereocenters. The zero-order valence-corrected chi connectivity index (χ0v) is 15.0. The third-order valence-corrected chi connectivity index (χ3v) is 4.88. The van der Waals surface area contributed by atoms with Gasteiger partial charge in [0, 0.05) is 17.8 Å². The van der Waals surface area contributed by atoms with E-state index in [1.54, 1.807) is 30.3 Å². The molecule has 0 fully saturated rings. The first kappa shape index (κ1) is 19.6. The van der Waals surface area contributed by atoms with Crippen LogP contribution in [0.1, 0.15) is 11.1 Å². The molecule has 2 aromatic rings. The van der Waals surface area contributed by atoms with Gasteiger partial charge in [-0.25, -0.2) is 12.8 Å². The maximum absolute atomic E-state index is 13.5. The first-order valence-electron chi connectivity index (χ1n) is 7.82. The summed E-state index contributed by atoms with van der Waals surface area (Å²) < 4.78 is 37.4. The lowest BCUT2D eigenvalue weighted by molar-refractivity contribution is -0.118. The smallest absolute Gasteiger partial charge is 0.239 e. The highest BCUT2D eigenvalue weighted by Gasteiger charge is 2.21. The molecule has 138 valence electrons. The first-order valence-corrected chi connectivity index (χ1v) is 9.64. The second kappa shape index (κ2) is 8.57. The van der Waals surface area contributed by atoms with Gasteiger partial charge in [0.15, 0.2) is 9.84 Å². The topological polar surface area (TPSA) is 92.3 Å². The van der Waals surface area contributed by atoms with E-state index in [-0.39, 0.29) is 12.1 Å². The highest BCUT2D eigenvalue weighted by atomic mass is 32.2. The molecule has 0 heterocycles. The average Bonchev–Trinajstić information content (AvgIpc) is 2.55. The summed E-state index contributed by atoms with van der Waals surface area (Å²) in [6, 6.07) is 12.7. The number of carbonyl (C=O) groups is 2. The zero-order valence-electron chi connectivity index (χ0n) is 14.2. The summed E-state index contributed by atoms with van der Waals surface area (Å²) in [5, 5.41) is 4.80. The molecule has 2 amide bonds. The molecule has 26 heavy (non-hydrogen) atoms. The van der Waals surface area contributed by atoms with Crippen molar-refractivity contribution in [1.82, 2.24) is 5.32 Å². The fourth-order valence-electron chi connectivity index (χ4n) is 2.17. The molecule has 0 saturated heterocycles. The zero-order chi connectivity index (χ0) is 19.2. The number of anilines is 1. The van der Waals surface area contributed by atoms with E-state index in [2.05, 4.69) is 10.6 Å². The minimum Gasteiger partial charge on any atom is -0.351 e. The molecule has 2 N–H and O–H groups in total. The monoisotopic (exact) mass is 378 g/mol. The molecular weight excluding hydrogens is 359 g/mol. The summed E-state index contributed by atoms with van der Waals surface area (Å²) in [5.41, 5.74) is 1.72. The predicted octanol–water partition coefficient (Wildman–Crippen LogP) is 1.80. The number of amides is 2. The van der Waals surface area contributed by atoms with E-state index in [9.17, 15) is 22.4 Å². The van der Waals surface area contributed by atoms with Gasteiger partial charge in [-0.2, -0.15) is 0 Å². The molecule has 0 unspecified atom stereocenters. The second-order valence-corrected chi connectivity index (χ2v) is 7.88. The van der Waals surface area contributed by atoms with E-state index in [0.29, 0.717) is 5.69 Å². The molecule has 0 aromatic heterocycles. The van der Waals surface area contributed by atoms with Crippen molar-refractivity contribution in [2.45, 2.75) is 13.5 Å². The number of hydrogen-bond acceptors (Lipinski definition) is 4. The SMILES string of the molecule is Cc1ccc(NC(=O)CS(=O)(=O)CC(=O)NCc2ccccc2F)cc1. The lowest BCUT2D eigenvalue weighted by Gasteiger charge is -2.08.